The summed E-state index contributed by atoms with van der Waals surface area (Å²) in [6.45, 7) is 1.82. The maximum atomic E-state index is 12.8. The molecular weight excluding hydrogens is 346 g/mol. The summed E-state index contributed by atoms with van der Waals surface area (Å²) in [7, 11) is 0. The molecule has 1 aromatic carbocycles. The quantitative estimate of drug-likeness (QED) is 0.806. The molecule has 0 radical (unpaired) electrons. The van der Waals surface area contributed by atoms with Gasteiger partial charge in [-0.1, -0.05) is 22.9 Å². The molecule has 0 amide bonds. The summed E-state index contributed by atoms with van der Waals surface area (Å²) in [6.07, 6.45) is -3.93. The molecule has 19 heavy (non-hydrogen) atoms. The zero-order chi connectivity index (χ0) is 14.2. The van der Waals surface area contributed by atoms with E-state index in [4.69, 9.17) is 11.6 Å². The molecule has 0 unspecified atom stereocenters. The van der Waals surface area contributed by atoms with Crippen molar-refractivity contribution in [1.29, 1.82) is 0 Å². The Morgan fingerprint density at radius 3 is 2.58 bits per heavy atom. The fraction of sp³-hybridized carbons (Fsp3) is 0.273. The van der Waals surface area contributed by atoms with Gasteiger partial charge < -0.3 is 0 Å². The van der Waals surface area contributed by atoms with Crippen LogP contribution < -0.4 is 0 Å². The standard InChI is InChI=1S/C11H8BrClF3N3/c1-2-9-17-18-10(13)19(9)6-3-4-8(12)7(5-6)11(14,15)16/h3-5H,2H2,1H3. The van der Waals surface area contributed by atoms with Crippen LogP contribution in [0.15, 0.2) is 22.7 Å². The van der Waals surface area contributed by atoms with Gasteiger partial charge in [-0.25, -0.2) is 0 Å². The Bertz CT molecular complexity index is 610. The van der Waals surface area contributed by atoms with Crippen LogP contribution in [0.4, 0.5) is 13.2 Å². The Morgan fingerprint density at radius 1 is 1.32 bits per heavy atom. The number of halogens is 5. The molecule has 2 aromatic rings. The third-order valence-corrected chi connectivity index (χ3v) is 3.46. The van der Waals surface area contributed by atoms with Gasteiger partial charge in [0.05, 0.1) is 11.3 Å². The summed E-state index contributed by atoms with van der Waals surface area (Å²) in [4.78, 5) is 0. The number of benzene rings is 1. The average molecular weight is 355 g/mol. The first-order chi connectivity index (χ1) is 8.84. The minimum atomic E-state index is -4.44. The maximum Gasteiger partial charge on any atom is 0.417 e. The Labute approximate surface area is 120 Å². The lowest BCUT2D eigenvalue weighted by molar-refractivity contribution is -0.138. The van der Waals surface area contributed by atoms with Gasteiger partial charge in [0.1, 0.15) is 5.82 Å². The zero-order valence-corrected chi connectivity index (χ0v) is 12.0. The topological polar surface area (TPSA) is 30.7 Å². The van der Waals surface area contributed by atoms with Crippen molar-refractivity contribution in [1.82, 2.24) is 14.8 Å². The minimum Gasteiger partial charge on any atom is -0.270 e. The highest BCUT2D eigenvalue weighted by Crippen LogP contribution is 2.36. The van der Waals surface area contributed by atoms with Crippen molar-refractivity contribution in [3.63, 3.8) is 0 Å². The first-order valence-electron chi connectivity index (χ1n) is 5.31. The molecule has 102 valence electrons. The van der Waals surface area contributed by atoms with Gasteiger partial charge in [0.15, 0.2) is 0 Å². The molecule has 0 aliphatic rings. The number of aromatic nitrogens is 3. The molecule has 0 fully saturated rings. The molecule has 1 heterocycles. The fourth-order valence-corrected chi connectivity index (χ4v) is 2.35. The predicted molar refractivity (Wildman–Crippen MR) is 68.4 cm³/mol. The molecule has 0 aliphatic carbocycles. The molecule has 3 nitrogen and oxygen atoms in total. The fourth-order valence-electron chi connectivity index (χ4n) is 1.65. The van der Waals surface area contributed by atoms with Gasteiger partial charge >= 0.3 is 6.18 Å². The van der Waals surface area contributed by atoms with Gasteiger partial charge in [0, 0.05) is 10.9 Å². The Kier molecular flexibility index (Phi) is 3.87. The molecular formula is C11H8BrClF3N3. The molecule has 0 saturated heterocycles. The van der Waals surface area contributed by atoms with Crippen LogP contribution in [0.2, 0.25) is 5.28 Å². The number of aryl methyl sites for hydroxylation is 1. The van der Waals surface area contributed by atoms with Crippen LogP contribution in [-0.4, -0.2) is 14.8 Å². The number of rotatable bonds is 2. The van der Waals surface area contributed by atoms with Crippen molar-refractivity contribution in [3.8, 4) is 5.69 Å². The van der Waals surface area contributed by atoms with Crippen molar-refractivity contribution < 1.29 is 13.2 Å². The second kappa shape index (κ2) is 5.13. The zero-order valence-electron chi connectivity index (χ0n) is 9.67. The van der Waals surface area contributed by atoms with E-state index in [0.717, 1.165) is 6.07 Å². The first-order valence-corrected chi connectivity index (χ1v) is 6.48. The lowest BCUT2D eigenvalue weighted by Crippen LogP contribution is -2.08. The van der Waals surface area contributed by atoms with Gasteiger partial charge in [0.25, 0.3) is 0 Å². The Balaban J connectivity index is 2.61. The summed E-state index contributed by atoms with van der Waals surface area (Å²) in [6, 6.07) is 3.86. The van der Waals surface area contributed by atoms with Crippen LogP contribution in [0.25, 0.3) is 5.69 Å². The number of hydrogen-bond donors (Lipinski definition) is 0. The molecule has 1 aromatic heterocycles. The summed E-state index contributed by atoms with van der Waals surface area (Å²) in [5, 5.41) is 7.51. The molecule has 0 spiro atoms. The Morgan fingerprint density at radius 2 is 2.00 bits per heavy atom. The third-order valence-electron chi connectivity index (χ3n) is 2.52. The van der Waals surface area contributed by atoms with Crippen LogP contribution in [0.5, 0.6) is 0 Å². The van der Waals surface area contributed by atoms with E-state index >= 15 is 0 Å². The first kappa shape index (κ1) is 14.3. The molecule has 0 N–H and O–H groups in total. The van der Waals surface area contributed by atoms with E-state index in [2.05, 4.69) is 26.1 Å². The van der Waals surface area contributed by atoms with Crippen LogP contribution in [-0.2, 0) is 12.6 Å². The van der Waals surface area contributed by atoms with E-state index in [-0.39, 0.29) is 15.4 Å². The number of hydrogen-bond acceptors (Lipinski definition) is 2. The number of nitrogens with zero attached hydrogens (tertiary/aromatic N) is 3. The highest BCUT2D eigenvalue weighted by molar-refractivity contribution is 9.10. The summed E-state index contributed by atoms with van der Waals surface area (Å²) >= 11 is 8.75. The second-order valence-electron chi connectivity index (χ2n) is 3.74. The highest BCUT2D eigenvalue weighted by Gasteiger charge is 2.33. The monoisotopic (exact) mass is 353 g/mol. The maximum absolute atomic E-state index is 12.8. The van der Waals surface area contributed by atoms with Gasteiger partial charge in [-0.15, -0.1) is 10.2 Å². The van der Waals surface area contributed by atoms with E-state index in [9.17, 15) is 13.2 Å². The third kappa shape index (κ3) is 2.76. The van der Waals surface area contributed by atoms with Crippen LogP contribution >= 0.6 is 27.5 Å². The second-order valence-corrected chi connectivity index (χ2v) is 4.93. The van der Waals surface area contributed by atoms with Crippen LogP contribution in [0.1, 0.15) is 18.3 Å². The average Bonchev–Trinajstić information content (AvgIpc) is 2.70. The molecule has 2 rings (SSSR count). The lowest BCUT2D eigenvalue weighted by atomic mass is 10.2. The van der Waals surface area contributed by atoms with E-state index in [1.165, 1.54) is 16.7 Å². The molecule has 0 atom stereocenters. The van der Waals surface area contributed by atoms with Gasteiger partial charge in [-0.3, -0.25) is 4.57 Å². The van der Waals surface area contributed by atoms with Crippen molar-refractivity contribution in [3.05, 3.63) is 39.3 Å². The highest BCUT2D eigenvalue weighted by atomic mass is 79.9. The Hall–Kier alpha value is -1.08. The van der Waals surface area contributed by atoms with Crippen molar-refractivity contribution >= 4 is 27.5 Å². The van der Waals surface area contributed by atoms with Gasteiger partial charge in [-0.05, 0) is 29.8 Å². The van der Waals surface area contributed by atoms with Gasteiger partial charge in [-0.2, -0.15) is 13.2 Å². The molecule has 0 aliphatic heterocycles. The van der Waals surface area contributed by atoms with E-state index in [1.54, 1.807) is 0 Å². The molecule has 0 bridgehead atoms. The van der Waals surface area contributed by atoms with Crippen molar-refractivity contribution in [2.75, 3.05) is 0 Å². The van der Waals surface area contributed by atoms with E-state index in [0.29, 0.717) is 12.2 Å². The largest absolute Gasteiger partial charge is 0.417 e. The lowest BCUT2D eigenvalue weighted by Gasteiger charge is -2.12. The minimum absolute atomic E-state index is 0.0222. The SMILES string of the molecule is CCc1nnc(Cl)n1-c1ccc(Br)c(C(F)(F)F)c1. The van der Waals surface area contributed by atoms with Crippen LogP contribution in [0, 0.1) is 0 Å². The summed E-state index contributed by atoms with van der Waals surface area (Å²) in [5.41, 5.74) is -0.487. The number of alkyl halides is 3. The molecule has 0 saturated carbocycles. The summed E-state index contributed by atoms with van der Waals surface area (Å²) < 4.78 is 39.9. The van der Waals surface area contributed by atoms with Crippen molar-refractivity contribution in [2.24, 2.45) is 0 Å². The normalized spacial score (nSPS) is 11.9. The summed E-state index contributed by atoms with van der Waals surface area (Å²) in [5.74, 6) is 0.500. The van der Waals surface area contributed by atoms with Crippen molar-refractivity contribution in [2.45, 2.75) is 19.5 Å². The van der Waals surface area contributed by atoms with E-state index < -0.39 is 11.7 Å². The van der Waals surface area contributed by atoms with Crippen LogP contribution in [0.3, 0.4) is 0 Å². The predicted octanol–water partition coefficient (Wildman–Crippen LogP) is 4.26. The smallest absolute Gasteiger partial charge is 0.270 e. The van der Waals surface area contributed by atoms with Gasteiger partial charge in [0.2, 0.25) is 5.28 Å². The molecule has 8 heteroatoms. The van der Waals surface area contributed by atoms with E-state index in [1.807, 2.05) is 6.92 Å².